The van der Waals surface area contributed by atoms with Crippen LogP contribution in [0, 0.1) is 5.82 Å². The van der Waals surface area contributed by atoms with E-state index in [-0.39, 0.29) is 12.5 Å². The molecule has 6 heteroatoms. The summed E-state index contributed by atoms with van der Waals surface area (Å²) in [5, 5.41) is 8.76. The van der Waals surface area contributed by atoms with Crippen LogP contribution in [-0.2, 0) is 4.79 Å². The topological polar surface area (TPSA) is 66.3 Å². The lowest BCUT2D eigenvalue weighted by atomic mass is 10.1. The number of aromatic nitrogens is 2. The summed E-state index contributed by atoms with van der Waals surface area (Å²) in [7, 11) is 0. The number of nitrogens with zero attached hydrogens (tertiary/aromatic N) is 3. The van der Waals surface area contributed by atoms with E-state index < -0.39 is 11.8 Å². The van der Waals surface area contributed by atoms with Crippen molar-refractivity contribution in [1.82, 2.24) is 9.97 Å². The van der Waals surface area contributed by atoms with Crippen LogP contribution in [0.4, 0.5) is 10.3 Å². The van der Waals surface area contributed by atoms with Gasteiger partial charge < -0.3 is 10.0 Å². The Bertz CT molecular complexity index is 382. The molecule has 1 saturated heterocycles. The number of anilines is 1. The molecule has 0 aromatic carbocycles. The zero-order valence-electron chi connectivity index (χ0n) is 8.64. The summed E-state index contributed by atoms with van der Waals surface area (Å²) >= 11 is 0. The quantitative estimate of drug-likeness (QED) is 0.833. The molecule has 0 saturated carbocycles. The summed E-state index contributed by atoms with van der Waals surface area (Å²) in [6.45, 7) is 0.726. The van der Waals surface area contributed by atoms with Crippen molar-refractivity contribution in [2.24, 2.45) is 0 Å². The Balaban J connectivity index is 2.13. The van der Waals surface area contributed by atoms with Crippen LogP contribution in [-0.4, -0.2) is 33.6 Å². The Morgan fingerprint density at radius 3 is 2.88 bits per heavy atom. The molecule has 0 bridgehead atoms. The summed E-state index contributed by atoms with van der Waals surface area (Å²) in [5.41, 5.74) is 0. The number of carboxylic acids is 1. The predicted octanol–water partition coefficient (Wildman–Crippen LogP) is 1.06. The molecule has 1 unspecified atom stereocenters. The summed E-state index contributed by atoms with van der Waals surface area (Å²) in [6, 6.07) is -0.0806. The van der Waals surface area contributed by atoms with Gasteiger partial charge in [0.15, 0.2) is 5.82 Å². The first kappa shape index (κ1) is 10.8. The van der Waals surface area contributed by atoms with Gasteiger partial charge in [-0.1, -0.05) is 0 Å². The van der Waals surface area contributed by atoms with Crippen LogP contribution in [0.15, 0.2) is 12.4 Å². The van der Waals surface area contributed by atoms with E-state index in [1.54, 1.807) is 0 Å². The van der Waals surface area contributed by atoms with Crippen LogP contribution in [0.2, 0.25) is 0 Å². The van der Waals surface area contributed by atoms with Crippen LogP contribution in [0.1, 0.15) is 19.3 Å². The highest BCUT2D eigenvalue weighted by Gasteiger charge is 2.28. The van der Waals surface area contributed by atoms with Gasteiger partial charge in [0, 0.05) is 12.6 Å². The molecule has 1 N–H and O–H groups in total. The molecule has 5 nitrogen and oxygen atoms in total. The fourth-order valence-corrected chi connectivity index (χ4v) is 1.97. The zero-order valence-corrected chi connectivity index (χ0v) is 8.64. The number of aliphatic carboxylic acids is 1. The third-order valence-electron chi connectivity index (χ3n) is 2.65. The first-order chi connectivity index (χ1) is 7.66. The highest BCUT2D eigenvalue weighted by molar-refractivity contribution is 5.68. The maximum absolute atomic E-state index is 12.6. The highest BCUT2D eigenvalue weighted by Crippen LogP contribution is 2.24. The molecule has 1 atom stereocenters. The van der Waals surface area contributed by atoms with Crippen molar-refractivity contribution in [1.29, 1.82) is 0 Å². The molecule has 0 spiro atoms. The lowest BCUT2D eigenvalue weighted by molar-refractivity contribution is -0.137. The number of halogens is 1. The van der Waals surface area contributed by atoms with Crippen LogP contribution in [0.25, 0.3) is 0 Å². The first-order valence-corrected chi connectivity index (χ1v) is 5.13. The Labute approximate surface area is 91.9 Å². The molecule has 2 heterocycles. The highest BCUT2D eigenvalue weighted by atomic mass is 19.1. The molecule has 86 valence electrons. The molecule has 0 amide bonds. The van der Waals surface area contributed by atoms with Crippen molar-refractivity contribution in [2.45, 2.75) is 25.3 Å². The second kappa shape index (κ2) is 4.42. The van der Waals surface area contributed by atoms with Crippen LogP contribution >= 0.6 is 0 Å². The van der Waals surface area contributed by atoms with E-state index in [0.717, 1.165) is 31.8 Å². The summed E-state index contributed by atoms with van der Waals surface area (Å²) in [6.07, 6.45) is 3.99. The second-order valence-corrected chi connectivity index (χ2v) is 3.79. The normalized spacial score (nSPS) is 20.1. The van der Waals surface area contributed by atoms with E-state index in [1.807, 2.05) is 4.90 Å². The lowest BCUT2D eigenvalue weighted by Gasteiger charge is -2.22. The monoisotopic (exact) mass is 225 g/mol. The van der Waals surface area contributed by atoms with Crippen molar-refractivity contribution < 1.29 is 14.3 Å². The minimum absolute atomic E-state index is 0.0702. The van der Waals surface area contributed by atoms with Gasteiger partial charge in [0.2, 0.25) is 5.95 Å². The maximum Gasteiger partial charge on any atom is 0.305 e. The fourth-order valence-electron chi connectivity index (χ4n) is 1.97. The van der Waals surface area contributed by atoms with Gasteiger partial charge in [-0.05, 0) is 12.8 Å². The van der Waals surface area contributed by atoms with E-state index in [2.05, 4.69) is 9.97 Å². The Kier molecular flexibility index (Phi) is 2.98. The minimum Gasteiger partial charge on any atom is -0.481 e. The molecule has 1 aliphatic heterocycles. The number of hydrogen-bond acceptors (Lipinski definition) is 4. The number of rotatable bonds is 3. The Morgan fingerprint density at radius 2 is 2.25 bits per heavy atom. The molecule has 1 aromatic heterocycles. The van der Waals surface area contributed by atoms with E-state index in [0.29, 0.717) is 5.95 Å². The van der Waals surface area contributed by atoms with E-state index in [4.69, 9.17) is 5.11 Å². The first-order valence-electron chi connectivity index (χ1n) is 5.13. The van der Waals surface area contributed by atoms with Gasteiger partial charge in [-0.2, -0.15) is 0 Å². The fraction of sp³-hybridized carbons (Fsp3) is 0.500. The minimum atomic E-state index is -0.834. The van der Waals surface area contributed by atoms with Crippen molar-refractivity contribution in [3.05, 3.63) is 18.2 Å². The molecular formula is C10H12FN3O2. The second-order valence-electron chi connectivity index (χ2n) is 3.79. The number of hydrogen-bond donors (Lipinski definition) is 1. The van der Waals surface area contributed by atoms with Crippen LogP contribution in [0.3, 0.4) is 0 Å². The molecule has 1 aliphatic rings. The van der Waals surface area contributed by atoms with E-state index in [1.165, 1.54) is 0 Å². The lowest BCUT2D eigenvalue weighted by Crippen LogP contribution is -2.32. The van der Waals surface area contributed by atoms with Gasteiger partial charge in [0.1, 0.15) is 0 Å². The van der Waals surface area contributed by atoms with Gasteiger partial charge in [-0.3, -0.25) is 4.79 Å². The zero-order chi connectivity index (χ0) is 11.5. The SMILES string of the molecule is O=C(O)CC1CCCN1c1ncc(F)cn1. The molecule has 0 radical (unpaired) electrons. The molecular weight excluding hydrogens is 213 g/mol. The van der Waals surface area contributed by atoms with E-state index in [9.17, 15) is 9.18 Å². The predicted molar refractivity (Wildman–Crippen MR) is 54.6 cm³/mol. The van der Waals surface area contributed by atoms with Gasteiger partial charge >= 0.3 is 5.97 Å². The summed E-state index contributed by atoms with van der Waals surface area (Å²) in [5.74, 6) is -0.915. The standard InChI is InChI=1S/C10H12FN3O2/c11-7-5-12-10(13-6-7)14-3-1-2-8(14)4-9(15)16/h5-6,8H,1-4H2,(H,15,16). The van der Waals surface area contributed by atoms with Crippen molar-refractivity contribution in [3.63, 3.8) is 0 Å². The number of carboxylic acid groups (broad SMARTS) is 1. The smallest absolute Gasteiger partial charge is 0.305 e. The maximum atomic E-state index is 12.6. The van der Waals surface area contributed by atoms with E-state index >= 15 is 0 Å². The van der Waals surface area contributed by atoms with Crippen molar-refractivity contribution in [2.75, 3.05) is 11.4 Å². The van der Waals surface area contributed by atoms with Crippen LogP contribution in [0.5, 0.6) is 0 Å². The van der Waals surface area contributed by atoms with Gasteiger partial charge in [0.05, 0.1) is 18.8 Å². The molecule has 1 fully saturated rings. The van der Waals surface area contributed by atoms with Crippen molar-refractivity contribution in [3.8, 4) is 0 Å². The number of carbonyl (C=O) groups is 1. The third-order valence-corrected chi connectivity index (χ3v) is 2.65. The third kappa shape index (κ3) is 2.26. The largest absolute Gasteiger partial charge is 0.481 e. The average Bonchev–Trinajstić information content (AvgIpc) is 2.66. The molecule has 1 aromatic rings. The molecule has 2 rings (SSSR count). The van der Waals surface area contributed by atoms with Crippen LogP contribution < -0.4 is 4.90 Å². The summed E-state index contributed by atoms with van der Waals surface area (Å²) < 4.78 is 12.6. The van der Waals surface area contributed by atoms with Gasteiger partial charge in [-0.25, -0.2) is 14.4 Å². The van der Waals surface area contributed by atoms with Gasteiger partial charge in [0.25, 0.3) is 0 Å². The Morgan fingerprint density at radius 1 is 1.56 bits per heavy atom. The summed E-state index contributed by atoms with van der Waals surface area (Å²) in [4.78, 5) is 20.2. The Hall–Kier alpha value is -1.72. The molecule has 0 aliphatic carbocycles. The molecule has 16 heavy (non-hydrogen) atoms. The van der Waals surface area contributed by atoms with Crippen molar-refractivity contribution >= 4 is 11.9 Å². The van der Waals surface area contributed by atoms with Gasteiger partial charge in [-0.15, -0.1) is 0 Å². The average molecular weight is 225 g/mol.